The van der Waals surface area contributed by atoms with E-state index in [-0.39, 0.29) is 50.0 Å². The van der Waals surface area contributed by atoms with Crippen molar-refractivity contribution < 1.29 is 22.7 Å². The van der Waals surface area contributed by atoms with Crippen LogP contribution < -0.4 is 10.3 Å². The minimum Gasteiger partial charge on any atom is -0.497 e. The highest BCUT2D eigenvalue weighted by molar-refractivity contribution is 7.89. The van der Waals surface area contributed by atoms with Crippen LogP contribution in [0.3, 0.4) is 0 Å². The van der Waals surface area contributed by atoms with Crippen molar-refractivity contribution in [1.82, 2.24) is 13.8 Å². The van der Waals surface area contributed by atoms with Gasteiger partial charge in [0, 0.05) is 51.2 Å². The molecule has 0 N–H and O–H groups in total. The van der Waals surface area contributed by atoms with Gasteiger partial charge in [-0.25, -0.2) is 8.42 Å². The Bertz CT molecular complexity index is 1040. The number of methoxy groups -OCH3 is 2. The van der Waals surface area contributed by atoms with Crippen LogP contribution >= 0.6 is 0 Å². The van der Waals surface area contributed by atoms with E-state index < -0.39 is 10.0 Å². The lowest BCUT2D eigenvalue weighted by Gasteiger charge is -2.34. The van der Waals surface area contributed by atoms with Gasteiger partial charge in [-0.15, -0.1) is 0 Å². The fourth-order valence-corrected chi connectivity index (χ4v) is 4.58. The normalized spacial score (nSPS) is 15.2. The van der Waals surface area contributed by atoms with Crippen LogP contribution in [-0.2, 0) is 14.8 Å². The zero-order valence-corrected chi connectivity index (χ0v) is 17.8. The third kappa shape index (κ3) is 4.89. The lowest BCUT2D eigenvalue weighted by molar-refractivity contribution is 0.0696. The zero-order valence-electron chi connectivity index (χ0n) is 17.0. The van der Waals surface area contributed by atoms with Gasteiger partial charge in [-0.05, 0) is 30.3 Å². The maximum absolute atomic E-state index is 12.9. The molecule has 0 atom stereocenters. The number of pyridine rings is 1. The van der Waals surface area contributed by atoms with Crippen LogP contribution in [0.15, 0.2) is 47.4 Å². The highest BCUT2D eigenvalue weighted by Crippen LogP contribution is 2.15. The molecule has 1 aliphatic heterocycles. The van der Waals surface area contributed by atoms with E-state index in [0.29, 0.717) is 17.0 Å². The quantitative estimate of drug-likeness (QED) is 0.631. The standard InChI is InChI=1S/C20H25N3O6S/c1-28-13-14-30(26,27)22-11-9-21(10-12-22)20(25)16-3-8-19(24)23(15-16)17-4-6-18(29-2)7-5-17/h3-8,15H,9-14H2,1-2H3. The van der Waals surface area contributed by atoms with Crippen LogP contribution in [0.25, 0.3) is 5.69 Å². The molecular weight excluding hydrogens is 410 g/mol. The van der Waals surface area contributed by atoms with Crippen molar-refractivity contribution in [3.05, 3.63) is 58.5 Å². The average Bonchev–Trinajstić information content (AvgIpc) is 2.78. The van der Waals surface area contributed by atoms with Crippen molar-refractivity contribution in [3.63, 3.8) is 0 Å². The third-order valence-electron chi connectivity index (χ3n) is 4.97. The minimum absolute atomic E-state index is 0.0791. The molecule has 10 heteroatoms. The van der Waals surface area contributed by atoms with E-state index in [1.54, 1.807) is 36.3 Å². The summed E-state index contributed by atoms with van der Waals surface area (Å²) in [5, 5.41) is 0. The summed E-state index contributed by atoms with van der Waals surface area (Å²) >= 11 is 0. The number of carbonyl (C=O) groups excluding carboxylic acids is 1. The number of hydrogen-bond acceptors (Lipinski definition) is 6. The van der Waals surface area contributed by atoms with E-state index in [9.17, 15) is 18.0 Å². The summed E-state index contributed by atoms with van der Waals surface area (Å²) in [5.41, 5.74) is 0.719. The number of sulfonamides is 1. The summed E-state index contributed by atoms with van der Waals surface area (Å²) in [6, 6.07) is 9.78. The maximum atomic E-state index is 12.9. The number of hydrogen-bond donors (Lipinski definition) is 0. The molecule has 1 aliphatic rings. The van der Waals surface area contributed by atoms with Gasteiger partial charge in [0.25, 0.3) is 11.5 Å². The number of carbonyl (C=O) groups is 1. The Balaban J connectivity index is 1.73. The fourth-order valence-electron chi connectivity index (χ4n) is 3.23. The average molecular weight is 436 g/mol. The third-order valence-corrected chi connectivity index (χ3v) is 6.81. The topological polar surface area (TPSA) is 98.2 Å². The molecule has 1 saturated heterocycles. The largest absolute Gasteiger partial charge is 0.497 e. The molecule has 1 fully saturated rings. The highest BCUT2D eigenvalue weighted by atomic mass is 32.2. The number of nitrogens with zero attached hydrogens (tertiary/aromatic N) is 3. The second-order valence-electron chi connectivity index (χ2n) is 6.82. The number of rotatable bonds is 7. The van der Waals surface area contributed by atoms with Crippen molar-refractivity contribution >= 4 is 15.9 Å². The molecule has 2 heterocycles. The summed E-state index contributed by atoms with van der Waals surface area (Å²) in [4.78, 5) is 26.8. The highest BCUT2D eigenvalue weighted by Gasteiger charge is 2.29. The monoisotopic (exact) mass is 435 g/mol. The lowest BCUT2D eigenvalue weighted by Crippen LogP contribution is -2.51. The molecular formula is C20H25N3O6S. The van der Waals surface area contributed by atoms with Crippen molar-refractivity contribution in [2.75, 3.05) is 52.8 Å². The first-order valence-electron chi connectivity index (χ1n) is 9.49. The van der Waals surface area contributed by atoms with Gasteiger partial charge < -0.3 is 14.4 Å². The SMILES string of the molecule is COCCS(=O)(=O)N1CCN(C(=O)c2ccc(=O)n(-c3ccc(OC)cc3)c2)CC1. The molecule has 1 amide bonds. The van der Waals surface area contributed by atoms with Crippen molar-refractivity contribution in [2.45, 2.75) is 0 Å². The number of piperazine rings is 1. The van der Waals surface area contributed by atoms with Gasteiger partial charge in [-0.1, -0.05) is 0 Å². The van der Waals surface area contributed by atoms with Gasteiger partial charge in [-0.3, -0.25) is 14.2 Å². The van der Waals surface area contributed by atoms with E-state index in [2.05, 4.69) is 0 Å². The Kier molecular flexibility index (Phi) is 6.91. The van der Waals surface area contributed by atoms with E-state index >= 15 is 0 Å². The lowest BCUT2D eigenvalue weighted by atomic mass is 10.2. The smallest absolute Gasteiger partial charge is 0.255 e. The predicted molar refractivity (Wildman–Crippen MR) is 112 cm³/mol. The first kappa shape index (κ1) is 22.0. The van der Waals surface area contributed by atoms with E-state index in [1.165, 1.54) is 34.3 Å². The molecule has 0 saturated carbocycles. The molecule has 3 rings (SSSR count). The predicted octanol–water partition coefficient (Wildman–Crippen LogP) is 0.580. The van der Waals surface area contributed by atoms with Crippen LogP contribution in [0.4, 0.5) is 0 Å². The van der Waals surface area contributed by atoms with E-state index in [1.807, 2.05) is 0 Å². The van der Waals surface area contributed by atoms with Crippen molar-refractivity contribution in [3.8, 4) is 11.4 Å². The molecule has 1 aromatic carbocycles. The summed E-state index contributed by atoms with van der Waals surface area (Å²) < 4.78 is 37.3. The van der Waals surface area contributed by atoms with Gasteiger partial charge >= 0.3 is 0 Å². The first-order chi connectivity index (χ1) is 14.4. The second kappa shape index (κ2) is 9.41. The van der Waals surface area contributed by atoms with Crippen LogP contribution in [0, 0.1) is 0 Å². The molecule has 30 heavy (non-hydrogen) atoms. The molecule has 9 nitrogen and oxygen atoms in total. The number of amides is 1. The molecule has 162 valence electrons. The number of benzene rings is 1. The Morgan fingerprint density at radius 2 is 1.67 bits per heavy atom. The van der Waals surface area contributed by atoms with Gasteiger partial charge in [0.2, 0.25) is 10.0 Å². The molecule has 0 unspecified atom stereocenters. The summed E-state index contributed by atoms with van der Waals surface area (Å²) in [5.74, 6) is 0.341. The zero-order chi connectivity index (χ0) is 21.7. The Hall–Kier alpha value is -2.69. The van der Waals surface area contributed by atoms with Gasteiger partial charge in [-0.2, -0.15) is 4.31 Å². The van der Waals surface area contributed by atoms with Crippen LogP contribution in [0.1, 0.15) is 10.4 Å². The van der Waals surface area contributed by atoms with E-state index in [4.69, 9.17) is 9.47 Å². The van der Waals surface area contributed by atoms with Crippen molar-refractivity contribution in [2.24, 2.45) is 0 Å². The molecule has 2 aromatic rings. The Labute approximate surface area is 175 Å². The number of ether oxygens (including phenoxy) is 2. The van der Waals surface area contributed by atoms with E-state index in [0.717, 1.165) is 0 Å². The van der Waals surface area contributed by atoms with Gasteiger partial charge in [0.05, 0.1) is 25.0 Å². The van der Waals surface area contributed by atoms with Crippen LogP contribution in [0.5, 0.6) is 5.75 Å². The summed E-state index contributed by atoms with van der Waals surface area (Å²) in [7, 11) is -0.384. The Morgan fingerprint density at radius 1 is 1.00 bits per heavy atom. The molecule has 0 radical (unpaired) electrons. The molecule has 1 aromatic heterocycles. The molecule has 0 bridgehead atoms. The first-order valence-corrected chi connectivity index (χ1v) is 11.1. The number of aromatic nitrogens is 1. The minimum atomic E-state index is -3.40. The summed E-state index contributed by atoms with van der Waals surface area (Å²) in [6.45, 7) is 1.17. The summed E-state index contributed by atoms with van der Waals surface area (Å²) in [6.07, 6.45) is 1.51. The fraction of sp³-hybridized carbons (Fsp3) is 0.400. The van der Waals surface area contributed by atoms with Crippen LogP contribution in [-0.4, -0.2) is 80.9 Å². The van der Waals surface area contributed by atoms with Gasteiger partial charge in [0.1, 0.15) is 5.75 Å². The second-order valence-corrected chi connectivity index (χ2v) is 8.91. The molecule has 0 spiro atoms. The maximum Gasteiger partial charge on any atom is 0.255 e. The van der Waals surface area contributed by atoms with Crippen LogP contribution in [0.2, 0.25) is 0 Å². The Morgan fingerprint density at radius 3 is 2.27 bits per heavy atom. The van der Waals surface area contributed by atoms with Gasteiger partial charge in [0.15, 0.2) is 0 Å². The van der Waals surface area contributed by atoms with Crippen molar-refractivity contribution in [1.29, 1.82) is 0 Å². The molecule has 0 aliphatic carbocycles.